The summed E-state index contributed by atoms with van der Waals surface area (Å²) in [5, 5.41) is 8.78. The van der Waals surface area contributed by atoms with Crippen LogP contribution in [-0.2, 0) is 16.3 Å². The van der Waals surface area contributed by atoms with Gasteiger partial charge in [0.1, 0.15) is 0 Å². The van der Waals surface area contributed by atoms with Gasteiger partial charge in [-0.05, 0) is 54.4 Å². The molecular formula is C17H15BrN2O2S. The van der Waals surface area contributed by atoms with E-state index in [-0.39, 0.29) is 10.6 Å². The molecular weight excluding hydrogens is 376 g/mol. The van der Waals surface area contributed by atoms with Crippen LogP contribution in [0.4, 0.5) is 5.69 Å². The van der Waals surface area contributed by atoms with Crippen molar-refractivity contribution in [2.24, 2.45) is 0 Å². The predicted octanol–water partition coefficient (Wildman–Crippen LogP) is 3.16. The second kappa shape index (κ2) is 6.34. The number of hydrogen-bond donors (Lipinski definition) is 0. The molecule has 1 aliphatic heterocycles. The van der Waals surface area contributed by atoms with Crippen LogP contribution >= 0.6 is 15.9 Å². The van der Waals surface area contributed by atoms with E-state index in [0.29, 0.717) is 12.1 Å². The molecule has 0 atom stereocenters. The number of sulfone groups is 1. The minimum Gasteiger partial charge on any atom is -0.370 e. The molecule has 118 valence electrons. The maximum absolute atomic E-state index is 12.4. The Bertz CT molecular complexity index is 870. The van der Waals surface area contributed by atoms with Crippen LogP contribution in [-0.4, -0.2) is 27.3 Å². The highest BCUT2D eigenvalue weighted by atomic mass is 79.9. The minimum absolute atomic E-state index is 0.0639. The highest BCUT2D eigenvalue weighted by Crippen LogP contribution is 2.30. The van der Waals surface area contributed by atoms with Crippen LogP contribution in [0.3, 0.4) is 0 Å². The summed E-state index contributed by atoms with van der Waals surface area (Å²) in [6.45, 7) is 1.31. The number of rotatable bonds is 4. The second-order valence-electron chi connectivity index (χ2n) is 5.47. The lowest BCUT2D eigenvalue weighted by atomic mass is 10.2. The van der Waals surface area contributed by atoms with Crippen molar-refractivity contribution in [1.82, 2.24) is 0 Å². The van der Waals surface area contributed by atoms with Crippen LogP contribution in [0.2, 0.25) is 0 Å². The predicted molar refractivity (Wildman–Crippen MR) is 93.3 cm³/mol. The third-order valence-electron chi connectivity index (χ3n) is 4.01. The van der Waals surface area contributed by atoms with E-state index in [2.05, 4.69) is 26.9 Å². The second-order valence-corrected chi connectivity index (χ2v) is 8.49. The van der Waals surface area contributed by atoms with Gasteiger partial charge in [-0.15, -0.1) is 0 Å². The Hall–Kier alpha value is -1.84. The normalized spacial score (nSPS) is 13.7. The van der Waals surface area contributed by atoms with Crippen molar-refractivity contribution < 1.29 is 8.42 Å². The molecule has 2 aromatic rings. The number of nitriles is 1. The highest BCUT2D eigenvalue weighted by Gasteiger charge is 2.22. The van der Waals surface area contributed by atoms with Gasteiger partial charge in [0.2, 0.25) is 0 Å². The maximum atomic E-state index is 12.4. The van der Waals surface area contributed by atoms with E-state index in [1.165, 1.54) is 29.8 Å². The van der Waals surface area contributed by atoms with Crippen LogP contribution < -0.4 is 4.90 Å². The van der Waals surface area contributed by atoms with Gasteiger partial charge in [0.15, 0.2) is 9.84 Å². The first-order chi connectivity index (χ1) is 11.0. The zero-order valence-corrected chi connectivity index (χ0v) is 14.8. The van der Waals surface area contributed by atoms with Gasteiger partial charge in [-0.1, -0.05) is 15.9 Å². The Balaban J connectivity index is 1.72. The third kappa shape index (κ3) is 3.41. The summed E-state index contributed by atoms with van der Waals surface area (Å²) in [6.07, 6.45) is 0.936. The van der Waals surface area contributed by atoms with Crippen LogP contribution in [0.15, 0.2) is 51.8 Å². The molecule has 0 spiro atoms. The molecule has 6 heteroatoms. The summed E-state index contributed by atoms with van der Waals surface area (Å²) in [5.41, 5.74) is 2.82. The summed E-state index contributed by atoms with van der Waals surface area (Å²) < 4.78 is 25.9. The maximum Gasteiger partial charge on any atom is 0.180 e. The third-order valence-corrected chi connectivity index (χ3v) is 6.21. The summed E-state index contributed by atoms with van der Waals surface area (Å²) in [7, 11) is -3.34. The molecule has 0 N–H and O–H groups in total. The van der Waals surface area contributed by atoms with Crippen molar-refractivity contribution in [1.29, 1.82) is 5.26 Å². The van der Waals surface area contributed by atoms with Crippen molar-refractivity contribution in [2.75, 3.05) is 23.7 Å². The SMILES string of the molecule is N#Cc1ccc(S(=O)(=O)CCN2CCc3cc(Br)ccc32)cc1. The average Bonchev–Trinajstić information content (AvgIpc) is 2.95. The van der Waals surface area contributed by atoms with Gasteiger partial charge in [-0.2, -0.15) is 5.26 Å². The molecule has 0 radical (unpaired) electrons. The molecule has 0 aliphatic carbocycles. The number of benzene rings is 2. The fourth-order valence-corrected chi connectivity index (χ4v) is 4.41. The molecule has 0 saturated carbocycles. The van der Waals surface area contributed by atoms with E-state index < -0.39 is 9.84 Å². The zero-order chi connectivity index (χ0) is 16.4. The summed E-state index contributed by atoms with van der Waals surface area (Å²) in [5.74, 6) is 0.0639. The first kappa shape index (κ1) is 16.0. The van der Waals surface area contributed by atoms with E-state index in [1.807, 2.05) is 18.2 Å². The molecule has 0 saturated heterocycles. The number of nitrogens with zero attached hydrogens (tertiary/aromatic N) is 2. The standard InChI is InChI=1S/C17H15BrN2O2S/c18-15-3-6-17-14(11-15)7-8-20(17)9-10-23(21,22)16-4-1-13(12-19)2-5-16/h1-6,11H,7-10H2. The topological polar surface area (TPSA) is 61.2 Å². The molecule has 4 nitrogen and oxygen atoms in total. The Morgan fingerprint density at radius 3 is 2.61 bits per heavy atom. The highest BCUT2D eigenvalue weighted by molar-refractivity contribution is 9.10. The molecule has 0 aromatic heterocycles. The van der Waals surface area contributed by atoms with E-state index in [1.54, 1.807) is 0 Å². The quantitative estimate of drug-likeness (QED) is 0.804. The summed E-state index contributed by atoms with van der Waals surface area (Å²) in [6, 6.07) is 14.2. The molecule has 0 unspecified atom stereocenters. The van der Waals surface area contributed by atoms with Gasteiger partial charge in [0.05, 0.1) is 22.3 Å². The van der Waals surface area contributed by atoms with Crippen LogP contribution in [0.25, 0.3) is 0 Å². The summed E-state index contributed by atoms with van der Waals surface area (Å²) >= 11 is 3.46. The van der Waals surface area contributed by atoms with Crippen molar-refractivity contribution in [3.8, 4) is 6.07 Å². The Labute approximate surface area is 144 Å². The smallest absolute Gasteiger partial charge is 0.180 e. The monoisotopic (exact) mass is 390 g/mol. The molecule has 0 fully saturated rings. The van der Waals surface area contributed by atoms with Gasteiger partial charge in [0, 0.05) is 23.2 Å². The fourth-order valence-electron chi connectivity index (χ4n) is 2.76. The minimum atomic E-state index is -3.34. The van der Waals surface area contributed by atoms with Crippen molar-refractivity contribution in [2.45, 2.75) is 11.3 Å². The summed E-state index contributed by atoms with van der Waals surface area (Å²) in [4.78, 5) is 2.38. The van der Waals surface area contributed by atoms with Gasteiger partial charge < -0.3 is 4.90 Å². The number of halogens is 1. The molecule has 2 aromatic carbocycles. The average molecular weight is 391 g/mol. The Kier molecular flexibility index (Phi) is 4.42. The molecule has 3 rings (SSSR count). The van der Waals surface area contributed by atoms with Crippen molar-refractivity contribution >= 4 is 31.5 Å². The van der Waals surface area contributed by atoms with Crippen LogP contribution in [0.5, 0.6) is 0 Å². The lowest BCUT2D eigenvalue weighted by Gasteiger charge is -2.19. The molecule has 0 amide bonds. The van der Waals surface area contributed by atoms with E-state index in [0.717, 1.165) is 23.1 Å². The van der Waals surface area contributed by atoms with E-state index in [4.69, 9.17) is 5.26 Å². The number of anilines is 1. The van der Waals surface area contributed by atoms with Crippen LogP contribution in [0, 0.1) is 11.3 Å². The molecule has 1 aliphatic rings. The zero-order valence-electron chi connectivity index (χ0n) is 12.4. The molecule has 0 bridgehead atoms. The van der Waals surface area contributed by atoms with Gasteiger partial charge in [0.25, 0.3) is 0 Å². The van der Waals surface area contributed by atoms with E-state index in [9.17, 15) is 8.42 Å². The van der Waals surface area contributed by atoms with Crippen molar-refractivity contribution in [3.05, 3.63) is 58.1 Å². The van der Waals surface area contributed by atoms with Crippen LogP contribution in [0.1, 0.15) is 11.1 Å². The molecule has 1 heterocycles. The Morgan fingerprint density at radius 1 is 1.17 bits per heavy atom. The first-order valence-corrected chi connectivity index (χ1v) is 9.70. The lowest BCUT2D eigenvalue weighted by molar-refractivity contribution is 0.594. The van der Waals surface area contributed by atoms with Gasteiger partial charge in [-0.3, -0.25) is 0 Å². The van der Waals surface area contributed by atoms with Gasteiger partial charge >= 0.3 is 0 Å². The molecule has 23 heavy (non-hydrogen) atoms. The largest absolute Gasteiger partial charge is 0.370 e. The van der Waals surface area contributed by atoms with E-state index >= 15 is 0 Å². The Morgan fingerprint density at radius 2 is 1.91 bits per heavy atom. The number of hydrogen-bond acceptors (Lipinski definition) is 4. The first-order valence-electron chi connectivity index (χ1n) is 7.26. The lowest BCUT2D eigenvalue weighted by Crippen LogP contribution is -2.27. The van der Waals surface area contributed by atoms with Gasteiger partial charge in [-0.25, -0.2) is 8.42 Å². The van der Waals surface area contributed by atoms with Crippen molar-refractivity contribution in [3.63, 3.8) is 0 Å². The number of fused-ring (bicyclic) bond motifs is 1. The fraction of sp³-hybridized carbons (Fsp3) is 0.235.